The molecule has 0 aromatic carbocycles. The number of hydrogen-bond acceptors (Lipinski definition) is 4. The summed E-state index contributed by atoms with van der Waals surface area (Å²) in [7, 11) is 2.25. The van der Waals surface area contributed by atoms with E-state index >= 15 is 0 Å². The molecule has 3 fully saturated rings. The third kappa shape index (κ3) is 2.41. The van der Waals surface area contributed by atoms with E-state index in [1.165, 1.54) is 32.4 Å². The van der Waals surface area contributed by atoms with Crippen molar-refractivity contribution in [2.45, 2.75) is 63.2 Å². The van der Waals surface area contributed by atoms with Gasteiger partial charge in [-0.1, -0.05) is 0 Å². The summed E-state index contributed by atoms with van der Waals surface area (Å²) in [4.78, 5) is 7.94. The zero-order chi connectivity index (χ0) is 14.5. The van der Waals surface area contributed by atoms with E-state index in [1.54, 1.807) is 0 Å². The van der Waals surface area contributed by atoms with Crippen LogP contribution in [0.5, 0.6) is 0 Å². The van der Waals surface area contributed by atoms with Crippen molar-refractivity contribution in [1.82, 2.24) is 14.7 Å². The molecule has 0 aromatic rings. The Hall–Kier alpha value is -0.160. The van der Waals surface area contributed by atoms with Crippen LogP contribution in [0.4, 0.5) is 0 Å². The van der Waals surface area contributed by atoms with E-state index in [4.69, 9.17) is 5.73 Å². The van der Waals surface area contributed by atoms with Gasteiger partial charge >= 0.3 is 0 Å². The van der Waals surface area contributed by atoms with Gasteiger partial charge in [0, 0.05) is 55.9 Å². The molecule has 2 aliphatic heterocycles. The molecular weight excluding hydrogens is 248 g/mol. The van der Waals surface area contributed by atoms with Gasteiger partial charge in [0.05, 0.1) is 0 Å². The molecule has 0 aromatic heterocycles. The van der Waals surface area contributed by atoms with Crippen LogP contribution in [0.25, 0.3) is 0 Å². The highest BCUT2D eigenvalue weighted by molar-refractivity contribution is 5.09. The summed E-state index contributed by atoms with van der Waals surface area (Å²) < 4.78 is 0. The lowest BCUT2D eigenvalue weighted by Gasteiger charge is -2.52. The molecule has 116 valence electrons. The lowest BCUT2D eigenvalue weighted by molar-refractivity contribution is -0.0187. The molecule has 2 heterocycles. The molecule has 3 aliphatic rings. The van der Waals surface area contributed by atoms with Gasteiger partial charge in [-0.15, -0.1) is 0 Å². The topological polar surface area (TPSA) is 35.7 Å². The van der Waals surface area contributed by atoms with Crippen LogP contribution in [0.2, 0.25) is 0 Å². The SMILES string of the molecule is CC1CC(CN)(N2CCN(C)C(C)(C)C2)CN1C1CC1. The molecule has 0 amide bonds. The van der Waals surface area contributed by atoms with Gasteiger partial charge < -0.3 is 5.73 Å². The molecule has 2 saturated heterocycles. The highest BCUT2D eigenvalue weighted by Crippen LogP contribution is 2.40. The van der Waals surface area contributed by atoms with Crippen molar-refractivity contribution < 1.29 is 0 Å². The molecule has 4 heteroatoms. The Kier molecular flexibility index (Phi) is 3.65. The van der Waals surface area contributed by atoms with Crippen LogP contribution in [0.1, 0.15) is 40.0 Å². The zero-order valence-electron chi connectivity index (χ0n) is 13.7. The molecule has 3 rings (SSSR count). The van der Waals surface area contributed by atoms with E-state index in [2.05, 4.69) is 42.5 Å². The van der Waals surface area contributed by atoms with Crippen molar-refractivity contribution in [1.29, 1.82) is 0 Å². The zero-order valence-corrected chi connectivity index (χ0v) is 13.7. The number of likely N-dealkylation sites (N-methyl/N-ethyl adjacent to an activating group) is 1. The molecule has 2 atom stereocenters. The summed E-state index contributed by atoms with van der Waals surface area (Å²) in [5.41, 5.74) is 6.77. The fourth-order valence-electron chi connectivity index (χ4n) is 4.27. The summed E-state index contributed by atoms with van der Waals surface area (Å²) >= 11 is 0. The molecule has 20 heavy (non-hydrogen) atoms. The average Bonchev–Trinajstić information content (AvgIpc) is 3.17. The minimum atomic E-state index is 0.223. The highest BCUT2D eigenvalue weighted by Gasteiger charge is 2.51. The number of likely N-dealkylation sites (tertiary alicyclic amines) is 1. The number of nitrogens with zero attached hydrogens (tertiary/aromatic N) is 3. The maximum atomic E-state index is 6.29. The normalized spacial score (nSPS) is 40.4. The Labute approximate surface area is 124 Å². The van der Waals surface area contributed by atoms with Crippen LogP contribution < -0.4 is 5.73 Å². The quantitative estimate of drug-likeness (QED) is 0.835. The van der Waals surface area contributed by atoms with Crippen molar-refractivity contribution in [2.24, 2.45) is 5.73 Å². The number of rotatable bonds is 3. The van der Waals surface area contributed by atoms with E-state index < -0.39 is 0 Å². The standard InChI is InChI=1S/C16H32N4/c1-13-9-16(10-17,12-20(13)14-5-6-14)19-8-7-18(4)15(2,3)11-19/h13-14H,5-12,17H2,1-4H3. The molecular formula is C16H32N4. The summed E-state index contributed by atoms with van der Waals surface area (Å²) in [5, 5.41) is 0. The fraction of sp³-hybridized carbons (Fsp3) is 1.00. The predicted molar refractivity (Wildman–Crippen MR) is 83.9 cm³/mol. The van der Waals surface area contributed by atoms with Crippen LogP contribution in [0.3, 0.4) is 0 Å². The second kappa shape index (κ2) is 4.94. The first kappa shape index (κ1) is 14.8. The molecule has 0 radical (unpaired) electrons. The molecule has 2 N–H and O–H groups in total. The first-order chi connectivity index (χ1) is 9.38. The Bertz CT molecular complexity index is 365. The minimum Gasteiger partial charge on any atom is -0.329 e. The van der Waals surface area contributed by atoms with Crippen molar-refractivity contribution in [3.05, 3.63) is 0 Å². The van der Waals surface area contributed by atoms with Crippen molar-refractivity contribution in [3.8, 4) is 0 Å². The first-order valence-electron chi connectivity index (χ1n) is 8.30. The Morgan fingerprint density at radius 2 is 1.85 bits per heavy atom. The van der Waals surface area contributed by atoms with Gasteiger partial charge in [-0.25, -0.2) is 0 Å². The van der Waals surface area contributed by atoms with E-state index in [0.717, 1.165) is 25.7 Å². The number of piperazine rings is 1. The largest absolute Gasteiger partial charge is 0.329 e. The van der Waals surface area contributed by atoms with Crippen LogP contribution in [-0.4, -0.2) is 77.6 Å². The van der Waals surface area contributed by atoms with Gasteiger partial charge in [-0.3, -0.25) is 14.7 Å². The van der Waals surface area contributed by atoms with E-state index in [0.29, 0.717) is 6.04 Å². The van der Waals surface area contributed by atoms with Gasteiger partial charge in [0.1, 0.15) is 0 Å². The van der Waals surface area contributed by atoms with Crippen LogP contribution in [0, 0.1) is 0 Å². The Morgan fingerprint density at radius 1 is 1.15 bits per heavy atom. The predicted octanol–water partition coefficient (Wildman–Crippen LogP) is 0.967. The molecule has 0 spiro atoms. The van der Waals surface area contributed by atoms with Gasteiger partial charge in [0.2, 0.25) is 0 Å². The maximum Gasteiger partial charge on any atom is 0.0474 e. The van der Waals surface area contributed by atoms with Crippen LogP contribution >= 0.6 is 0 Å². The van der Waals surface area contributed by atoms with Gasteiger partial charge in [-0.2, -0.15) is 0 Å². The lowest BCUT2D eigenvalue weighted by Crippen LogP contribution is -2.66. The van der Waals surface area contributed by atoms with Crippen molar-refractivity contribution >= 4 is 0 Å². The Balaban J connectivity index is 1.76. The monoisotopic (exact) mass is 280 g/mol. The number of nitrogens with two attached hydrogens (primary N) is 1. The second-order valence-electron chi connectivity index (χ2n) is 8.04. The van der Waals surface area contributed by atoms with E-state index in [-0.39, 0.29) is 11.1 Å². The maximum absolute atomic E-state index is 6.29. The van der Waals surface area contributed by atoms with Crippen LogP contribution in [0.15, 0.2) is 0 Å². The second-order valence-corrected chi connectivity index (χ2v) is 8.04. The van der Waals surface area contributed by atoms with E-state index in [9.17, 15) is 0 Å². The average molecular weight is 280 g/mol. The molecule has 1 aliphatic carbocycles. The summed E-state index contributed by atoms with van der Waals surface area (Å²) in [6.07, 6.45) is 4.05. The minimum absolute atomic E-state index is 0.223. The molecule has 2 unspecified atom stereocenters. The lowest BCUT2D eigenvalue weighted by atomic mass is 9.89. The molecule has 1 saturated carbocycles. The highest BCUT2D eigenvalue weighted by atomic mass is 15.4. The molecule has 0 bridgehead atoms. The van der Waals surface area contributed by atoms with E-state index in [1.807, 2.05) is 0 Å². The summed E-state index contributed by atoms with van der Waals surface area (Å²) in [6.45, 7) is 12.6. The fourth-order valence-corrected chi connectivity index (χ4v) is 4.27. The smallest absolute Gasteiger partial charge is 0.0474 e. The third-order valence-corrected chi connectivity index (χ3v) is 6.10. The molecule has 4 nitrogen and oxygen atoms in total. The summed E-state index contributed by atoms with van der Waals surface area (Å²) in [5.74, 6) is 0. The van der Waals surface area contributed by atoms with Gasteiger partial charge in [-0.05, 0) is 47.1 Å². The van der Waals surface area contributed by atoms with Gasteiger partial charge in [0.15, 0.2) is 0 Å². The number of hydrogen-bond donors (Lipinski definition) is 1. The summed E-state index contributed by atoms with van der Waals surface area (Å²) in [6, 6.07) is 1.56. The third-order valence-electron chi connectivity index (χ3n) is 6.10. The Morgan fingerprint density at radius 3 is 2.40 bits per heavy atom. The van der Waals surface area contributed by atoms with Crippen molar-refractivity contribution in [2.75, 3.05) is 39.8 Å². The van der Waals surface area contributed by atoms with Crippen LogP contribution in [-0.2, 0) is 0 Å². The first-order valence-corrected chi connectivity index (χ1v) is 8.30. The van der Waals surface area contributed by atoms with Gasteiger partial charge in [0.25, 0.3) is 0 Å². The van der Waals surface area contributed by atoms with Crippen molar-refractivity contribution in [3.63, 3.8) is 0 Å².